The Bertz CT molecular complexity index is 1100. The van der Waals surface area contributed by atoms with Gasteiger partial charge in [0.2, 0.25) is 0 Å². The van der Waals surface area contributed by atoms with Crippen LogP contribution in [0.3, 0.4) is 0 Å². The van der Waals surface area contributed by atoms with E-state index in [4.69, 9.17) is 14.5 Å². The molecular weight excluding hydrogens is 408 g/mol. The van der Waals surface area contributed by atoms with Gasteiger partial charge in [0.05, 0.1) is 12.2 Å². The minimum Gasteiger partial charge on any atom is -0.492 e. The van der Waals surface area contributed by atoms with Crippen LogP contribution in [0.5, 0.6) is 5.75 Å². The molecule has 6 heteroatoms. The predicted octanol–water partition coefficient (Wildman–Crippen LogP) is 5.78. The molecule has 156 valence electrons. The highest BCUT2D eigenvalue weighted by Crippen LogP contribution is 2.29. The lowest BCUT2D eigenvalue weighted by Gasteiger charge is -2.09. The van der Waals surface area contributed by atoms with Crippen LogP contribution in [0.15, 0.2) is 90.3 Å². The highest BCUT2D eigenvalue weighted by Gasteiger charge is 2.07. The second-order valence-corrected chi connectivity index (χ2v) is 7.62. The highest BCUT2D eigenvalue weighted by molar-refractivity contribution is 7.13. The molecule has 3 aromatic carbocycles. The van der Waals surface area contributed by atoms with Crippen LogP contribution in [0.2, 0.25) is 0 Å². The minimum atomic E-state index is -0.458. The number of hydrogen-bond acceptors (Lipinski definition) is 5. The summed E-state index contributed by atoms with van der Waals surface area (Å²) in [5.41, 5.74) is 4.08. The maximum Gasteiger partial charge on any atom is 0.407 e. The Morgan fingerprint density at radius 3 is 2.32 bits per heavy atom. The van der Waals surface area contributed by atoms with Crippen molar-refractivity contribution in [3.8, 4) is 27.6 Å². The largest absolute Gasteiger partial charge is 0.492 e. The number of nitrogens with zero attached hydrogens (tertiary/aromatic N) is 1. The third kappa shape index (κ3) is 5.93. The first-order chi connectivity index (χ1) is 15.3. The van der Waals surface area contributed by atoms with Gasteiger partial charge >= 0.3 is 6.09 Å². The SMILES string of the molecule is O=C(NCCOc1ccc(-c2nc(-c3ccccc3)cs2)cc1)OCc1ccccc1. The summed E-state index contributed by atoms with van der Waals surface area (Å²) in [6.45, 7) is 0.967. The zero-order chi connectivity index (χ0) is 21.3. The van der Waals surface area contributed by atoms with Crippen molar-refractivity contribution in [1.82, 2.24) is 10.3 Å². The number of alkyl carbamates (subject to hydrolysis) is 1. The van der Waals surface area contributed by atoms with Crippen LogP contribution in [0.25, 0.3) is 21.8 Å². The molecule has 4 aromatic rings. The number of carbonyl (C=O) groups is 1. The summed E-state index contributed by atoms with van der Waals surface area (Å²) in [6, 6.07) is 27.5. The number of aromatic nitrogens is 1. The Labute approximate surface area is 185 Å². The standard InChI is InChI=1S/C25H22N2O3S/c28-25(30-17-19-7-3-1-4-8-19)26-15-16-29-22-13-11-21(12-14-22)24-27-23(18-31-24)20-9-5-2-6-10-20/h1-14,18H,15-17H2,(H,26,28). The van der Waals surface area contributed by atoms with Crippen molar-refractivity contribution in [2.45, 2.75) is 6.61 Å². The van der Waals surface area contributed by atoms with E-state index >= 15 is 0 Å². The Balaban J connectivity index is 1.21. The average Bonchev–Trinajstić information content (AvgIpc) is 3.33. The molecule has 4 rings (SSSR count). The van der Waals surface area contributed by atoms with Gasteiger partial charge in [-0.3, -0.25) is 0 Å². The fourth-order valence-electron chi connectivity index (χ4n) is 2.94. The van der Waals surface area contributed by atoms with E-state index in [1.807, 2.05) is 72.8 Å². The summed E-state index contributed by atoms with van der Waals surface area (Å²) in [4.78, 5) is 16.5. The van der Waals surface area contributed by atoms with Crippen LogP contribution in [-0.2, 0) is 11.3 Å². The second-order valence-electron chi connectivity index (χ2n) is 6.77. The van der Waals surface area contributed by atoms with Gasteiger partial charge in [-0.2, -0.15) is 0 Å². The monoisotopic (exact) mass is 430 g/mol. The average molecular weight is 431 g/mol. The van der Waals surface area contributed by atoms with Crippen molar-refractivity contribution in [2.75, 3.05) is 13.2 Å². The maximum atomic E-state index is 11.7. The highest BCUT2D eigenvalue weighted by atomic mass is 32.1. The summed E-state index contributed by atoms with van der Waals surface area (Å²) >= 11 is 1.62. The zero-order valence-corrected chi connectivity index (χ0v) is 17.7. The van der Waals surface area contributed by atoms with E-state index in [1.165, 1.54) is 0 Å². The van der Waals surface area contributed by atoms with Gasteiger partial charge in [0.25, 0.3) is 0 Å². The summed E-state index contributed by atoms with van der Waals surface area (Å²) in [5, 5.41) is 5.72. The Hall–Kier alpha value is -3.64. The van der Waals surface area contributed by atoms with Gasteiger partial charge in [0.15, 0.2) is 0 Å². The first-order valence-corrected chi connectivity index (χ1v) is 10.8. The smallest absolute Gasteiger partial charge is 0.407 e. The van der Waals surface area contributed by atoms with Crippen molar-refractivity contribution in [2.24, 2.45) is 0 Å². The number of hydrogen-bond donors (Lipinski definition) is 1. The van der Waals surface area contributed by atoms with E-state index in [1.54, 1.807) is 11.3 Å². The Morgan fingerprint density at radius 2 is 1.58 bits per heavy atom. The van der Waals surface area contributed by atoms with E-state index in [2.05, 4.69) is 22.8 Å². The quantitative estimate of drug-likeness (QED) is 0.360. The molecular formula is C25H22N2O3S. The Kier molecular flexibility index (Phi) is 6.92. The lowest BCUT2D eigenvalue weighted by Crippen LogP contribution is -2.28. The molecule has 0 aliphatic rings. The van der Waals surface area contributed by atoms with Gasteiger partial charge in [0, 0.05) is 16.5 Å². The lowest BCUT2D eigenvalue weighted by molar-refractivity contribution is 0.137. The first-order valence-electron chi connectivity index (χ1n) is 9.97. The van der Waals surface area contributed by atoms with Crippen LogP contribution in [0, 0.1) is 0 Å². The number of benzene rings is 3. The molecule has 31 heavy (non-hydrogen) atoms. The van der Waals surface area contributed by atoms with Crippen molar-refractivity contribution < 1.29 is 14.3 Å². The maximum absolute atomic E-state index is 11.7. The van der Waals surface area contributed by atoms with Crippen molar-refractivity contribution >= 4 is 17.4 Å². The van der Waals surface area contributed by atoms with Crippen LogP contribution in [0.4, 0.5) is 4.79 Å². The van der Waals surface area contributed by atoms with E-state index in [0.717, 1.165) is 33.1 Å². The van der Waals surface area contributed by atoms with Crippen molar-refractivity contribution in [3.63, 3.8) is 0 Å². The lowest BCUT2D eigenvalue weighted by atomic mass is 10.2. The van der Waals surface area contributed by atoms with Crippen LogP contribution in [-0.4, -0.2) is 24.2 Å². The molecule has 0 aliphatic carbocycles. The fourth-order valence-corrected chi connectivity index (χ4v) is 3.77. The van der Waals surface area contributed by atoms with E-state index in [-0.39, 0.29) is 6.61 Å². The van der Waals surface area contributed by atoms with Crippen molar-refractivity contribution in [1.29, 1.82) is 0 Å². The summed E-state index contributed by atoms with van der Waals surface area (Å²) in [5.74, 6) is 0.739. The molecule has 1 heterocycles. The number of thiazole rings is 1. The van der Waals surface area contributed by atoms with Gasteiger partial charge in [-0.1, -0.05) is 60.7 Å². The molecule has 0 fully saturated rings. The van der Waals surface area contributed by atoms with Crippen LogP contribution >= 0.6 is 11.3 Å². The molecule has 0 unspecified atom stereocenters. The molecule has 5 nitrogen and oxygen atoms in total. The molecule has 1 amide bonds. The van der Waals surface area contributed by atoms with E-state index in [9.17, 15) is 4.79 Å². The second kappa shape index (κ2) is 10.4. The van der Waals surface area contributed by atoms with E-state index in [0.29, 0.717) is 13.2 Å². The minimum absolute atomic E-state index is 0.248. The number of ether oxygens (including phenoxy) is 2. The molecule has 0 spiro atoms. The number of carbonyl (C=O) groups excluding carboxylic acids is 1. The van der Waals surface area contributed by atoms with E-state index < -0.39 is 6.09 Å². The molecule has 0 aliphatic heterocycles. The predicted molar refractivity (Wildman–Crippen MR) is 123 cm³/mol. The first kappa shape index (κ1) is 20.6. The van der Waals surface area contributed by atoms with Gasteiger partial charge in [-0.05, 0) is 29.8 Å². The van der Waals surface area contributed by atoms with Gasteiger partial charge < -0.3 is 14.8 Å². The summed E-state index contributed by atoms with van der Waals surface area (Å²) in [6.07, 6.45) is -0.458. The molecule has 1 aromatic heterocycles. The zero-order valence-electron chi connectivity index (χ0n) is 16.9. The fraction of sp³-hybridized carbons (Fsp3) is 0.120. The van der Waals surface area contributed by atoms with Gasteiger partial charge in [0.1, 0.15) is 24.0 Å². The third-order valence-corrected chi connectivity index (χ3v) is 5.42. The summed E-state index contributed by atoms with van der Waals surface area (Å²) < 4.78 is 10.9. The number of nitrogens with one attached hydrogen (secondary N) is 1. The molecule has 1 N–H and O–H groups in total. The Morgan fingerprint density at radius 1 is 0.871 bits per heavy atom. The third-order valence-electron chi connectivity index (χ3n) is 4.53. The molecule has 0 bridgehead atoms. The van der Waals surface area contributed by atoms with Crippen molar-refractivity contribution in [3.05, 3.63) is 95.9 Å². The van der Waals surface area contributed by atoms with Crippen LogP contribution < -0.4 is 10.1 Å². The normalized spacial score (nSPS) is 10.5. The molecule has 0 saturated heterocycles. The molecule has 0 radical (unpaired) electrons. The van der Waals surface area contributed by atoms with Crippen LogP contribution in [0.1, 0.15) is 5.56 Å². The molecule has 0 atom stereocenters. The van der Waals surface area contributed by atoms with Gasteiger partial charge in [-0.15, -0.1) is 11.3 Å². The summed E-state index contributed by atoms with van der Waals surface area (Å²) in [7, 11) is 0. The topological polar surface area (TPSA) is 60.5 Å². The number of rotatable bonds is 8. The van der Waals surface area contributed by atoms with Gasteiger partial charge in [-0.25, -0.2) is 9.78 Å². The number of amides is 1. The molecule has 0 saturated carbocycles.